The van der Waals surface area contributed by atoms with Crippen molar-refractivity contribution in [3.8, 4) is 10.6 Å². The van der Waals surface area contributed by atoms with Crippen molar-refractivity contribution < 1.29 is 4.79 Å². The van der Waals surface area contributed by atoms with E-state index in [0.29, 0.717) is 6.04 Å². The number of nitrogens with one attached hydrogen (secondary N) is 1. The number of pyridine rings is 1. The summed E-state index contributed by atoms with van der Waals surface area (Å²) in [5.41, 5.74) is 2.31. The zero-order valence-corrected chi connectivity index (χ0v) is 15.4. The van der Waals surface area contributed by atoms with Gasteiger partial charge in [-0.05, 0) is 44.2 Å². The highest BCUT2D eigenvalue weighted by Gasteiger charge is 2.29. The predicted molar refractivity (Wildman–Crippen MR) is 100 cm³/mol. The fraction of sp³-hybridized carbons (Fsp3) is 0.550. The van der Waals surface area contributed by atoms with Crippen LogP contribution in [0, 0.1) is 5.92 Å². The topological polar surface area (TPSA) is 54.9 Å². The van der Waals surface area contributed by atoms with Crippen molar-refractivity contribution in [2.75, 3.05) is 0 Å². The molecule has 1 amide bonds. The monoisotopic (exact) mass is 355 g/mol. The molecule has 0 spiro atoms. The molecule has 2 aromatic rings. The van der Waals surface area contributed by atoms with Crippen LogP contribution in [0.25, 0.3) is 10.6 Å². The molecule has 2 heterocycles. The number of nitrogens with zero attached hydrogens (tertiary/aromatic N) is 2. The molecule has 2 aromatic heterocycles. The number of fused-ring (bicyclic) bond motifs is 1. The summed E-state index contributed by atoms with van der Waals surface area (Å²) in [5.74, 6) is 0.373. The lowest BCUT2D eigenvalue weighted by atomic mass is 9.90. The molecular formula is C20H25N3OS. The molecule has 132 valence electrons. The highest BCUT2D eigenvalue weighted by molar-refractivity contribution is 7.15. The summed E-state index contributed by atoms with van der Waals surface area (Å²) in [5, 5.41) is 4.39. The maximum absolute atomic E-state index is 12.7. The summed E-state index contributed by atoms with van der Waals surface area (Å²) >= 11 is 1.74. The van der Waals surface area contributed by atoms with Crippen LogP contribution in [-0.4, -0.2) is 21.9 Å². The van der Waals surface area contributed by atoms with Crippen molar-refractivity contribution in [1.29, 1.82) is 0 Å². The first kappa shape index (κ1) is 16.7. The Morgan fingerprint density at radius 3 is 2.60 bits per heavy atom. The van der Waals surface area contributed by atoms with E-state index in [9.17, 15) is 4.79 Å². The number of amides is 1. The van der Waals surface area contributed by atoms with Crippen molar-refractivity contribution in [2.24, 2.45) is 5.92 Å². The van der Waals surface area contributed by atoms with Crippen molar-refractivity contribution >= 4 is 17.2 Å². The average Bonchev–Trinajstić information content (AvgIpc) is 2.91. The standard InChI is InChI=1S/C20H25N3OS/c24-19(22-16-5-3-1-2-4-6-16)15-7-8-17-18(13-15)25-20(23-17)14-9-11-21-12-10-14/h9-12,15-16H,1-8,13H2,(H,22,24). The van der Waals surface area contributed by atoms with Crippen LogP contribution in [0.15, 0.2) is 24.5 Å². The lowest BCUT2D eigenvalue weighted by Gasteiger charge is -2.24. The van der Waals surface area contributed by atoms with Crippen molar-refractivity contribution in [1.82, 2.24) is 15.3 Å². The van der Waals surface area contributed by atoms with Gasteiger partial charge >= 0.3 is 0 Å². The maximum Gasteiger partial charge on any atom is 0.223 e. The number of carbonyl (C=O) groups excluding carboxylic acids is 1. The van der Waals surface area contributed by atoms with E-state index in [-0.39, 0.29) is 11.8 Å². The number of carbonyl (C=O) groups is 1. The van der Waals surface area contributed by atoms with Crippen LogP contribution in [0.1, 0.15) is 55.5 Å². The van der Waals surface area contributed by atoms with Crippen LogP contribution in [0.3, 0.4) is 0 Å². The Hall–Kier alpha value is -1.75. The molecule has 1 unspecified atom stereocenters. The first-order chi connectivity index (χ1) is 12.3. The molecule has 0 radical (unpaired) electrons. The van der Waals surface area contributed by atoms with Crippen LogP contribution in [0.4, 0.5) is 0 Å². The highest BCUT2D eigenvalue weighted by Crippen LogP contribution is 2.34. The van der Waals surface area contributed by atoms with E-state index in [0.717, 1.165) is 42.7 Å². The Morgan fingerprint density at radius 1 is 1.08 bits per heavy atom. The number of thiazole rings is 1. The van der Waals surface area contributed by atoms with E-state index in [1.54, 1.807) is 23.7 Å². The van der Waals surface area contributed by atoms with Gasteiger partial charge in [0.25, 0.3) is 0 Å². The van der Waals surface area contributed by atoms with Crippen LogP contribution < -0.4 is 5.32 Å². The molecule has 0 saturated heterocycles. The van der Waals surface area contributed by atoms with E-state index in [1.807, 2.05) is 12.1 Å². The van der Waals surface area contributed by atoms with Gasteiger partial charge in [0.2, 0.25) is 5.91 Å². The van der Waals surface area contributed by atoms with Crippen LogP contribution in [0.5, 0.6) is 0 Å². The number of rotatable bonds is 3. The summed E-state index contributed by atoms with van der Waals surface area (Å²) in [6, 6.07) is 4.39. The fourth-order valence-corrected chi connectivity index (χ4v) is 5.15. The number of hydrogen-bond acceptors (Lipinski definition) is 4. The van der Waals surface area contributed by atoms with E-state index in [4.69, 9.17) is 4.98 Å². The summed E-state index contributed by atoms with van der Waals surface area (Å²) in [6.07, 6.45) is 13.7. The molecule has 2 aliphatic rings. The van der Waals surface area contributed by atoms with Gasteiger partial charge in [0, 0.05) is 34.8 Å². The number of aryl methyl sites for hydroxylation is 1. The minimum atomic E-state index is 0.112. The van der Waals surface area contributed by atoms with Crippen molar-refractivity contribution in [3.05, 3.63) is 35.1 Å². The third-order valence-electron chi connectivity index (χ3n) is 5.44. The molecule has 5 heteroatoms. The lowest BCUT2D eigenvalue weighted by Crippen LogP contribution is -2.40. The van der Waals surface area contributed by atoms with E-state index in [2.05, 4.69) is 10.3 Å². The predicted octanol–water partition coefficient (Wildman–Crippen LogP) is 4.15. The Bertz CT molecular complexity index is 720. The Morgan fingerprint density at radius 2 is 1.84 bits per heavy atom. The molecule has 0 aromatic carbocycles. The third kappa shape index (κ3) is 3.92. The van der Waals surface area contributed by atoms with Gasteiger partial charge in [-0.25, -0.2) is 4.98 Å². The molecule has 1 N–H and O–H groups in total. The van der Waals surface area contributed by atoms with E-state index >= 15 is 0 Å². The fourth-order valence-electron chi connectivity index (χ4n) is 3.96. The second kappa shape index (κ2) is 7.65. The maximum atomic E-state index is 12.7. The van der Waals surface area contributed by atoms with E-state index in [1.165, 1.54) is 36.3 Å². The molecule has 4 rings (SSSR count). The third-order valence-corrected chi connectivity index (χ3v) is 6.61. The molecule has 25 heavy (non-hydrogen) atoms. The normalized spacial score (nSPS) is 21.4. The zero-order valence-electron chi connectivity index (χ0n) is 14.5. The second-order valence-corrected chi connectivity index (χ2v) is 8.35. The molecule has 0 aliphatic heterocycles. The molecule has 2 aliphatic carbocycles. The molecule has 0 bridgehead atoms. The van der Waals surface area contributed by atoms with Gasteiger partial charge in [0.15, 0.2) is 0 Å². The first-order valence-electron chi connectivity index (χ1n) is 9.49. The van der Waals surface area contributed by atoms with Gasteiger partial charge in [0.05, 0.1) is 5.69 Å². The second-order valence-electron chi connectivity index (χ2n) is 7.26. The highest BCUT2D eigenvalue weighted by atomic mass is 32.1. The zero-order chi connectivity index (χ0) is 17.1. The molecule has 1 fully saturated rings. The first-order valence-corrected chi connectivity index (χ1v) is 10.3. The summed E-state index contributed by atoms with van der Waals surface area (Å²) in [7, 11) is 0. The SMILES string of the molecule is O=C(NC1CCCCCC1)C1CCc2nc(-c3ccncc3)sc2C1. The van der Waals surface area contributed by atoms with Crippen molar-refractivity contribution in [3.63, 3.8) is 0 Å². The largest absolute Gasteiger partial charge is 0.353 e. The molecule has 4 nitrogen and oxygen atoms in total. The average molecular weight is 356 g/mol. The summed E-state index contributed by atoms with van der Waals surface area (Å²) < 4.78 is 0. The van der Waals surface area contributed by atoms with Gasteiger partial charge in [0.1, 0.15) is 5.01 Å². The van der Waals surface area contributed by atoms with Gasteiger partial charge in [-0.15, -0.1) is 11.3 Å². The minimum absolute atomic E-state index is 0.112. The molecule has 1 atom stereocenters. The summed E-state index contributed by atoms with van der Waals surface area (Å²) in [6.45, 7) is 0. The Balaban J connectivity index is 1.42. The number of hydrogen-bond donors (Lipinski definition) is 1. The van der Waals surface area contributed by atoms with Gasteiger partial charge in [-0.3, -0.25) is 9.78 Å². The quantitative estimate of drug-likeness (QED) is 0.842. The van der Waals surface area contributed by atoms with Crippen LogP contribution >= 0.6 is 11.3 Å². The summed E-state index contributed by atoms with van der Waals surface area (Å²) in [4.78, 5) is 22.9. The minimum Gasteiger partial charge on any atom is -0.353 e. The van der Waals surface area contributed by atoms with E-state index < -0.39 is 0 Å². The lowest BCUT2D eigenvalue weighted by molar-refractivity contribution is -0.126. The number of aromatic nitrogens is 2. The Kier molecular flexibility index (Phi) is 5.11. The smallest absolute Gasteiger partial charge is 0.223 e. The van der Waals surface area contributed by atoms with Crippen molar-refractivity contribution in [2.45, 2.75) is 63.8 Å². The van der Waals surface area contributed by atoms with Crippen LogP contribution in [-0.2, 0) is 17.6 Å². The van der Waals surface area contributed by atoms with Crippen LogP contribution in [0.2, 0.25) is 0 Å². The molecule has 1 saturated carbocycles. The molecular weight excluding hydrogens is 330 g/mol. The van der Waals surface area contributed by atoms with Gasteiger partial charge in [-0.2, -0.15) is 0 Å². The Labute approximate surface area is 153 Å². The van der Waals surface area contributed by atoms with Gasteiger partial charge < -0.3 is 5.32 Å². The van der Waals surface area contributed by atoms with Gasteiger partial charge in [-0.1, -0.05) is 25.7 Å².